The van der Waals surface area contributed by atoms with Crippen LogP contribution in [0.25, 0.3) is 0 Å². The molecule has 0 bridgehead atoms. The average molecular weight is 451 g/mol. The fraction of sp³-hybridized carbons (Fsp3) is 0.360. The van der Waals surface area contributed by atoms with E-state index in [1.54, 1.807) is 35.9 Å². The fourth-order valence-electron chi connectivity index (χ4n) is 3.86. The van der Waals surface area contributed by atoms with E-state index in [9.17, 15) is 4.79 Å². The van der Waals surface area contributed by atoms with Crippen LogP contribution in [0.4, 0.5) is 5.69 Å². The number of rotatable bonds is 10. The molecule has 3 heterocycles. The Morgan fingerprint density at radius 2 is 1.91 bits per heavy atom. The quantitative estimate of drug-likeness (QED) is 0.472. The first-order valence-corrected chi connectivity index (χ1v) is 12.1. The highest BCUT2D eigenvalue weighted by Gasteiger charge is 2.19. The van der Waals surface area contributed by atoms with E-state index in [0.717, 1.165) is 51.3 Å². The van der Waals surface area contributed by atoms with Crippen molar-refractivity contribution in [3.05, 3.63) is 76.7 Å². The van der Waals surface area contributed by atoms with Gasteiger partial charge in [-0.2, -0.15) is 0 Å². The van der Waals surface area contributed by atoms with Gasteiger partial charge in [-0.25, -0.2) is 0 Å². The van der Waals surface area contributed by atoms with E-state index in [-0.39, 0.29) is 5.91 Å². The lowest BCUT2D eigenvalue weighted by Gasteiger charge is -2.36. The minimum Gasteiger partial charge on any atom is -0.486 e. The fourth-order valence-corrected chi connectivity index (χ4v) is 4.47. The second-order valence-corrected chi connectivity index (χ2v) is 8.90. The summed E-state index contributed by atoms with van der Waals surface area (Å²) >= 11 is 1.72. The molecule has 0 aliphatic carbocycles. The summed E-state index contributed by atoms with van der Waals surface area (Å²) in [4.78, 5) is 22.2. The number of benzene rings is 1. The second-order valence-electron chi connectivity index (χ2n) is 7.87. The van der Waals surface area contributed by atoms with Gasteiger partial charge in [-0.3, -0.25) is 14.7 Å². The van der Waals surface area contributed by atoms with Crippen molar-refractivity contribution in [2.75, 3.05) is 44.2 Å². The van der Waals surface area contributed by atoms with Crippen molar-refractivity contribution in [3.63, 3.8) is 0 Å². The first-order chi connectivity index (χ1) is 15.8. The lowest BCUT2D eigenvalue weighted by Crippen LogP contribution is -2.46. The minimum absolute atomic E-state index is 0.0494. The molecule has 0 radical (unpaired) electrons. The SMILES string of the molecule is O=C(NCCCCN1CCN(c2ccccc2OCc2cccs2)CC1)c1cccnc1. The van der Waals surface area contributed by atoms with Gasteiger partial charge in [0.15, 0.2) is 0 Å². The Labute approximate surface area is 193 Å². The molecule has 0 spiro atoms. The maximum Gasteiger partial charge on any atom is 0.252 e. The third-order valence-corrected chi connectivity index (χ3v) is 6.49. The van der Waals surface area contributed by atoms with Gasteiger partial charge in [0.25, 0.3) is 5.91 Å². The molecule has 3 aromatic rings. The normalized spacial score (nSPS) is 14.3. The first kappa shape index (κ1) is 22.3. The van der Waals surface area contributed by atoms with Crippen molar-refractivity contribution >= 4 is 22.9 Å². The van der Waals surface area contributed by atoms with Crippen LogP contribution in [-0.4, -0.2) is 55.1 Å². The summed E-state index contributed by atoms with van der Waals surface area (Å²) in [5, 5.41) is 5.06. The lowest BCUT2D eigenvalue weighted by molar-refractivity contribution is 0.0952. The number of piperazine rings is 1. The van der Waals surface area contributed by atoms with Crippen LogP contribution in [0.3, 0.4) is 0 Å². The van der Waals surface area contributed by atoms with Crippen LogP contribution in [0.1, 0.15) is 28.1 Å². The number of carbonyl (C=O) groups is 1. The minimum atomic E-state index is -0.0494. The zero-order chi connectivity index (χ0) is 22.0. The van der Waals surface area contributed by atoms with E-state index < -0.39 is 0 Å². The number of thiophene rings is 1. The van der Waals surface area contributed by atoms with Gasteiger partial charge < -0.3 is 15.0 Å². The van der Waals surface area contributed by atoms with Crippen LogP contribution in [0.5, 0.6) is 5.75 Å². The molecule has 6 nitrogen and oxygen atoms in total. The molecule has 4 rings (SSSR count). The molecule has 1 aliphatic rings. The molecule has 2 aromatic heterocycles. The number of para-hydroxylation sites is 2. The summed E-state index contributed by atoms with van der Waals surface area (Å²) in [6, 6.07) is 16.1. The van der Waals surface area contributed by atoms with Gasteiger partial charge >= 0.3 is 0 Å². The van der Waals surface area contributed by atoms with E-state index >= 15 is 0 Å². The first-order valence-electron chi connectivity index (χ1n) is 11.2. The molecule has 0 saturated carbocycles. The smallest absolute Gasteiger partial charge is 0.252 e. The molecule has 32 heavy (non-hydrogen) atoms. The molecule has 1 amide bonds. The van der Waals surface area contributed by atoms with Crippen molar-refractivity contribution < 1.29 is 9.53 Å². The topological polar surface area (TPSA) is 57.7 Å². The number of hydrogen-bond donors (Lipinski definition) is 1. The van der Waals surface area contributed by atoms with Gasteiger partial charge in [0, 0.05) is 50.0 Å². The van der Waals surface area contributed by atoms with E-state index in [4.69, 9.17) is 4.74 Å². The monoisotopic (exact) mass is 450 g/mol. The Balaban J connectivity index is 1.16. The van der Waals surface area contributed by atoms with Crippen molar-refractivity contribution in [2.24, 2.45) is 0 Å². The number of hydrogen-bond acceptors (Lipinski definition) is 6. The van der Waals surface area contributed by atoms with Crippen molar-refractivity contribution in [3.8, 4) is 5.75 Å². The van der Waals surface area contributed by atoms with Crippen LogP contribution in [0.2, 0.25) is 0 Å². The summed E-state index contributed by atoms with van der Waals surface area (Å²) < 4.78 is 6.12. The maximum atomic E-state index is 12.0. The second kappa shape index (κ2) is 11.6. The Bertz CT molecular complexity index is 957. The highest BCUT2D eigenvalue weighted by Crippen LogP contribution is 2.30. The molecular weight excluding hydrogens is 420 g/mol. The predicted octanol–water partition coefficient (Wildman–Crippen LogP) is 4.05. The van der Waals surface area contributed by atoms with Crippen molar-refractivity contribution in [2.45, 2.75) is 19.4 Å². The molecular formula is C25H30N4O2S. The number of ether oxygens (including phenoxy) is 1. The third kappa shape index (κ3) is 6.31. The molecule has 0 atom stereocenters. The van der Waals surface area contributed by atoms with Crippen molar-refractivity contribution in [1.82, 2.24) is 15.2 Å². The average Bonchev–Trinajstić information content (AvgIpc) is 3.37. The lowest BCUT2D eigenvalue weighted by atomic mass is 10.2. The van der Waals surface area contributed by atoms with E-state index in [0.29, 0.717) is 18.7 Å². The molecule has 168 valence electrons. The molecule has 1 N–H and O–H groups in total. The number of carbonyl (C=O) groups excluding carboxylic acids is 1. The van der Waals surface area contributed by atoms with Gasteiger partial charge in [0.1, 0.15) is 12.4 Å². The van der Waals surface area contributed by atoms with Gasteiger partial charge in [-0.1, -0.05) is 18.2 Å². The van der Waals surface area contributed by atoms with Gasteiger partial charge in [-0.05, 0) is 55.1 Å². The summed E-state index contributed by atoms with van der Waals surface area (Å²) in [5.74, 6) is 0.908. The molecule has 0 unspecified atom stereocenters. The Hall–Kier alpha value is -2.90. The van der Waals surface area contributed by atoms with Gasteiger partial charge in [-0.15, -0.1) is 11.3 Å². The van der Waals surface area contributed by atoms with Crippen LogP contribution in [0, 0.1) is 0 Å². The van der Waals surface area contributed by atoms with Crippen molar-refractivity contribution in [1.29, 1.82) is 0 Å². The molecule has 1 aromatic carbocycles. The van der Waals surface area contributed by atoms with Crippen LogP contribution >= 0.6 is 11.3 Å². The Morgan fingerprint density at radius 1 is 1.03 bits per heavy atom. The number of nitrogens with one attached hydrogen (secondary N) is 1. The van der Waals surface area contributed by atoms with Crippen LogP contribution < -0.4 is 15.0 Å². The number of anilines is 1. The summed E-state index contributed by atoms with van der Waals surface area (Å²) in [6.07, 6.45) is 5.33. The highest BCUT2D eigenvalue weighted by atomic mass is 32.1. The zero-order valence-corrected chi connectivity index (χ0v) is 19.1. The third-order valence-electron chi connectivity index (χ3n) is 5.64. The molecule has 1 fully saturated rings. The number of pyridine rings is 1. The van der Waals surface area contributed by atoms with E-state index in [1.165, 1.54) is 10.6 Å². The number of amides is 1. The highest BCUT2D eigenvalue weighted by molar-refractivity contribution is 7.09. The van der Waals surface area contributed by atoms with Gasteiger partial charge in [0.05, 0.1) is 11.3 Å². The number of nitrogens with zero attached hydrogens (tertiary/aromatic N) is 3. The molecule has 1 aliphatic heterocycles. The predicted molar refractivity (Wildman–Crippen MR) is 130 cm³/mol. The molecule has 7 heteroatoms. The number of aromatic nitrogens is 1. The maximum absolute atomic E-state index is 12.0. The summed E-state index contributed by atoms with van der Waals surface area (Å²) in [6.45, 7) is 6.46. The largest absolute Gasteiger partial charge is 0.486 e. The van der Waals surface area contributed by atoms with Gasteiger partial charge in [0.2, 0.25) is 0 Å². The van der Waals surface area contributed by atoms with E-state index in [1.807, 2.05) is 6.07 Å². The standard InChI is InChI=1S/C25H30N4O2S/c30-25(21-7-5-11-26-19-21)27-12-3-4-13-28-14-16-29(17-15-28)23-9-1-2-10-24(23)31-20-22-8-6-18-32-22/h1-2,5-11,18-19H,3-4,12-17,20H2,(H,27,30). The van der Waals surface area contributed by atoms with Crippen LogP contribution in [0.15, 0.2) is 66.3 Å². The number of unbranched alkanes of at least 4 members (excludes halogenated alkanes) is 1. The van der Waals surface area contributed by atoms with E-state index in [2.05, 4.69) is 55.8 Å². The molecule has 1 saturated heterocycles. The Morgan fingerprint density at radius 3 is 2.69 bits per heavy atom. The van der Waals surface area contributed by atoms with Crippen LogP contribution in [-0.2, 0) is 6.61 Å². The Kier molecular flexibility index (Phi) is 8.11. The summed E-state index contributed by atoms with van der Waals surface area (Å²) in [7, 11) is 0. The summed E-state index contributed by atoms with van der Waals surface area (Å²) in [5.41, 5.74) is 1.80. The zero-order valence-electron chi connectivity index (χ0n) is 18.3.